The number of alkyl halides is 3. The number of nitrogens with one attached hydrogen (secondary N) is 2. The smallest absolute Gasteiger partial charge is 0.479 e. The molecule has 34 heavy (non-hydrogen) atoms. The van der Waals surface area contributed by atoms with Crippen molar-refractivity contribution in [3.8, 4) is 5.75 Å². The van der Waals surface area contributed by atoms with Crippen LogP contribution in [-0.2, 0) is 19.1 Å². The maximum atomic E-state index is 12.3. The molecule has 0 unspecified atom stereocenters. The Kier molecular flexibility index (Phi) is 8.74. The molecule has 9 nitrogen and oxygen atoms in total. The summed E-state index contributed by atoms with van der Waals surface area (Å²) in [7, 11) is 0. The number of halogens is 4. The Bertz CT molecular complexity index is 909. The van der Waals surface area contributed by atoms with Crippen LogP contribution in [-0.4, -0.2) is 73.2 Å². The van der Waals surface area contributed by atoms with Gasteiger partial charge in [-0.15, -0.1) is 13.2 Å². The molecule has 2 amide bonds. The zero-order chi connectivity index (χ0) is 24.9. The number of ketones is 1. The average molecular weight is 509 g/mol. The van der Waals surface area contributed by atoms with Crippen molar-refractivity contribution < 1.29 is 46.9 Å². The second-order valence-corrected chi connectivity index (χ2v) is 8.44. The minimum absolute atomic E-state index is 0.0464. The molecule has 1 aliphatic heterocycles. The second kappa shape index (κ2) is 11.3. The van der Waals surface area contributed by atoms with E-state index in [9.17, 15) is 32.7 Å². The fraction of sp³-hybridized carbons (Fsp3) is 0.571. The maximum Gasteiger partial charge on any atom is 0.522 e. The van der Waals surface area contributed by atoms with E-state index in [1.807, 2.05) is 0 Å². The summed E-state index contributed by atoms with van der Waals surface area (Å²) in [6.45, 7) is -0.377. The van der Waals surface area contributed by atoms with E-state index in [4.69, 9.17) is 21.1 Å². The van der Waals surface area contributed by atoms with E-state index in [2.05, 4.69) is 15.4 Å². The number of hydrogen-bond donors (Lipinski definition) is 3. The van der Waals surface area contributed by atoms with Gasteiger partial charge >= 0.3 is 6.36 Å². The van der Waals surface area contributed by atoms with Crippen molar-refractivity contribution in [3.63, 3.8) is 0 Å². The minimum atomic E-state index is -4.69. The van der Waals surface area contributed by atoms with Gasteiger partial charge in [0, 0.05) is 31.0 Å². The lowest BCUT2D eigenvalue weighted by atomic mass is 9.92. The van der Waals surface area contributed by atoms with Gasteiger partial charge in [0.2, 0.25) is 5.91 Å². The highest BCUT2D eigenvalue weighted by atomic mass is 35.5. The predicted octanol–water partition coefficient (Wildman–Crippen LogP) is 1.74. The lowest BCUT2D eigenvalue weighted by molar-refractivity contribution is -0.357. The Morgan fingerprint density at radius 3 is 2.68 bits per heavy atom. The van der Waals surface area contributed by atoms with Crippen molar-refractivity contribution >= 4 is 29.2 Å². The number of carbonyl (C=O) groups excluding carboxylic acids is 3. The van der Waals surface area contributed by atoms with Crippen LogP contribution in [0.15, 0.2) is 18.2 Å². The number of aliphatic hydroxyl groups is 1. The standard InChI is InChI=1S/C21H24ClF3N2O7/c22-11-1-2-17-15(5-11)16(29)8-18(33-17)20(31)26-4-3-12(28)9-27-19(30)10-32-13-6-14(7-13)34-21(23,24)25/h1-2,5,12-14,18,28H,3-4,6-10H2,(H,26,31)(H,27,30)/t12-,13?,14?,18+/m0/s1. The van der Waals surface area contributed by atoms with Crippen LogP contribution >= 0.6 is 11.6 Å². The first-order valence-corrected chi connectivity index (χ1v) is 11.0. The lowest BCUT2D eigenvalue weighted by Gasteiger charge is -2.34. The van der Waals surface area contributed by atoms with Crippen LogP contribution in [0.5, 0.6) is 5.75 Å². The summed E-state index contributed by atoms with van der Waals surface area (Å²) in [6, 6.07) is 4.55. The van der Waals surface area contributed by atoms with Crippen molar-refractivity contribution in [1.29, 1.82) is 0 Å². The van der Waals surface area contributed by atoms with E-state index < -0.39 is 42.6 Å². The molecule has 0 spiro atoms. The van der Waals surface area contributed by atoms with Gasteiger partial charge in [-0.3, -0.25) is 19.1 Å². The molecule has 3 rings (SSSR count). The zero-order valence-electron chi connectivity index (χ0n) is 17.9. The molecule has 13 heteroatoms. The van der Waals surface area contributed by atoms with Gasteiger partial charge in [0.25, 0.3) is 5.91 Å². The molecule has 0 bridgehead atoms. The van der Waals surface area contributed by atoms with E-state index in [0.29, 0.717) is 10.6 Å². The number of benzene rings is 1. The molecule has 1 heterocycles. The molecule has 1 saturated carbocycles. The summed E-state index contributed by atoms with van der Waals surface area (Å²) in [5, 5.41) is 15.4. The molecule has 0 aromatic heterocycles. The summed E-state index contributed by atoms with van der Waals surface area (Å²) in [4.78, 5) is 36.3. The number of rotatable bonds is 10. The predicted molar refractivity (Wildman–Crippen MR) is 111 cm³/mol. The van der Waals surface area contributed by atoms with Crippen LogP contribution in [0.25, 0.3) is 0 Å². The van der Waals surface area contributed by atoms with Crippen LogP contribution in [0.3, 0.4) is 0 Å². The molecule has 0 saturated heterocycles. The van der Waals surface area contributed by atoms with Crippen LogP contribution in [0.2, 0.25) is 5.02 Å². The molecule has 2 aliphatic rings. The van der Waals surface area contributed by atoms with Crippen molar-refractivity contribution in [3.05, 3.63) is 28.8 Å². The number of ether oxygens (including phenoxy) is 3. The number of aliphatic hydroxyl groups excluding tert-OH is 1. The lowest BCUT2D eigenvalue weighted by Crippen LogP contribution is -2.44. The Balaban J connectivity index is 1.27. The van der Waals surface area contributed by atoms with Gasteiger partial charge in [-0.05, 0) is 24.6 Å². The van der Waals surface area contributed by atoms with Gasteiger partial charge in [0.15, 0.2) is 11.9 Å². The quantitative estimate of drug-likeness (QED) is 0.440. The zero-order valence-corrected chi connectivity index (χ0v) is 18.7. The van der Waals surface area contributed by atoms with Crippen LogP contribution in [0.1, 0.15) is 36.0 Å². The van der Waals surface area contributed by atoms with Crippen molar-refractivity contribution in [2.75, 3.05) is 19.7 Å². The molecule has 1 aromatic carbocycles. The summed E-state index contributed by atoms with van der Waals surface area (Å²) in [5.74, 6) is -1.03. The highest BCUT2D eigenvalue weighted by Gasteiger charge is 2.40. The van der Waals surface area contributed by atoms with Crippen molar-refractivity contribution in [2.45, 2.75) is 56.5 Å². The maximum absolute atomic E-state index is 12.3. The Morgan fingerprint density at radius 2 is 1.97 bits per heavy atom. The molecular formula is C21H24ClF3N2O7. The van der Waals surface area contributed by atoms with Gasteiger partial charge in [0.1, 0.15) is 12.4 Å². The molecule has 1 fully saturated rings. The van der Waals surface area contributed by atoms with E-state index in [1.165, 1.54) is 12.1 Å². The highest BCUT2D eigenvalue weighted by molar-refractivity contribution is 6.31. The monoisotopic (exact) mass is 508 g/mol. The first-order valence-electron chi connectivity index (χ1n) is 10.6. The van der Waals surface area contributed by atoms with E-state index in [-0.39, 0.29) is 56.9 Å². The number of Topliss-reactive ketones (excluding diaryl/α,β-unsaturated/α-hetero) is 1. The normalized spacial score (nSPS) is 22.7. The van der Waals surface area contributed by atoms with Gasteiger partial charge < -0.3 is 25.2 Å². The topological polar surface area (TPSA) is 123 Å². The van der Waals surface area contributed by atoms with Gasteiger partial charge in [-0.2, -0.15) is 0 Å². The largest absolute Gasteiger partial charge is 0.522 e. The summed E-state index contributed by atoms with van der Waals surface area (Å²) < 4.78 is 50.7. The van der Waals surface area contributed by atoms with Crippen molar-refractivity contribution in [2.24, 2.45) is 0 Å². The highest BCUT2D eigenvalue weighted by Crippen LogP contribution is 2.32. The molecule has 2 atom stereocenters. The molecular weight excluding hydrogens is 485 g/mol. The third kappa shape index (κ3) is 7.83. The first-order chi connectivity index (χ1) is 16.0. The summed E-state index contributed by atoms with van der Waals surface area (Å²) in [5.41, 5.74) is 0.318. The molecule has 3 N–H and O–H groups in total. The number of carbonyl (C=O) groups is 3. The third-order valence-corrected chi connectivity index (χ3v) is 5.52. The average Bonchev–Trinajstić information content (AvgIpc) is 2.73. The Morgan fingerprint density at radius 1 is 1.24 bits per heavy atom. The number of fused-ring (bicyclic) bond motifs is 1. The van der Waals surface area contributed by atoms with E-state index in [1.54, 1.807) is 6.07 Å². The summed E-state index contributed by atoms with van der Waals surface area (Å²) >= 11 is 5.87. The Hall–Kier alpha value is -2.41. The Labute approximate surface area is 197 Å². The summed E-state index contributed by atoms with van der Waals surface area (Å²) in [6.07, 6.45) is -8.02. The molecule has 188 valence electrons. The third-order valence-electron chi connectivity index (χ3n) is 5.29. The van der Waals surface area contributed by atoms with Gasteiger partial charge in [-0.1, -0.05) is 11.6 Å². The van der Waals surface area contributed by atoms with Gasteiger partial charge in [-0.25, -0.2) is 0 Å². The van der Waals surface area contributed by atoms with E-state index >= 15 is 0 Å². The van der Waals surface area contributed by atoms with Crippen LogP contribution in [0.4, 0.5) is 13.2 Å². The second-order valence-electron chi connectivity index (χ2n) is 8.00. The molecule has 1 aliphatic carbocycles. The van der Waals surface area contributed by atoms with Crippen LogP contribution < -0.4 is 15.4 Å². The van der Waals surface area contributed by atoms with Gasteiger partial charge in [0.05, 0.1) is 30.3 Å². The van der Waals surface area contributed by atoms with Crippen molar-refractivity contribution in [1.82, 2.24) is 10.6 Å². The first kappa shape index (κ1) is 26.2. The number of amides is 2. The number of hydrogen-bond acceptors (Lipinski definition) is 7. The fourth-order valence-corrected chi connectivity index (χ4v) is 3.61. The van der Waals surface area contributed by atoms with E-state index in [0.717, 1.165) is 0 Å². The van der Waals surface area contributed by atoms with Crippen LogP contribution in [0, 0.1) is 0 Å². The SMILES string of the molecule is O=C(COC1CC(OC(F)(F)F)C1)NC[C@@H](O)CCNC(=O)[C@H]1CC(=O)c2cc(Cl)ccc2O1. The fourth-order valence-electron chi connectivity index (χ4n) is 3.44. The minimum Gasteiger partial charge on any atom is -0.479 e. The molecule has 1 aromatic rings. The molecule has 0 radical (unpaired) electrons.